The highest BCUT2D eigenvalue weighted by molar-refractivity contribution is 8.01. The summed E-state index contributed by atoms with van der Waals surface area (Å²) in [4.78, 5) is 28.0. The molecule has 0 radical (unpaired) electrons. The van der Waals surface area contributed by atoms with Gasteiger partial charge in [-0.3, -0.25) is 14.5 Å². The number of carbonyl (C=O) groups excluding carboxylic acids is 2. The molecule has 0 spiro atoms. The van der Waals surface area contributed by atoms with Crippen LogP contribution in [0, 0.1) is 16.7 Å². The van der Waals surface area contributed by atoms with E-state index < -0.39 is 5.92 Å². The molecule has 1 aliphatic carbocycles. The summed E-state index contributed by atoms with van der Waals surface area (Å²) in [6.45, 7) is 4.06. The molecular formula is C30H29ClN6O4S2. The van der Waals surface area contributed by atoms with Gasteiger partial charge in [-0.25, -0.2) is 0 Å². The number of nitriles is 1. The Morgan fingerprint density at radius 3 is 2.72 bits per heavy atom. The van der Waals surface area contributed by atoms with Crippen LogP contribution in [0.2, 0.25) is 5.02 Å². The molecule has 222 valence electrons. The zero-order valence-corrected chi connectivity index (χ0v) is 26.3. The van der Waals surface area contributed by atoms with E-state index in [0.717, 1.165) is 5.56 Å². The highest BCUT2D eigenvalue weighted by Crippen LogP contribution is 2.51. The molecule has 3 N–H and O–H groups in total. The number of aromatic nitrogens is 2. The molecule has 2 aromatic carbocycles. The first-order valence-electron chi connectivity index (χ1n) is 13.2. The number of nitrogens with one attached hydrogen (secondary N) is 1. The number of ether oxygens (including phenoxy) is 2. The highest BCUT2D eigenvalue weighted by atomic mass is 35.5. The fourth-order valence-electron chi connectivity index (χ4n) is 5.30. The van der Waals surface area contributed by atoms with E-state index in [1.165, 1.54) is 30.2 Å². The summed E-state index contributed by atoms with van der Waals surface area (Å²) in [5, 5.41) is 22.5. The van der Waals surface area contributed by atoms with Gasteiger partial charge in [-0.15, -0.1) is 10.2 Å². The summed E-state index contributed by atoms with van der Waals surface area (Å²) in [7, 11) is 3.09. The zero-order valence-electron chi connectivity index (χ0n) is 23.9. The van der Waals surface area contributed by atoms with Gasteiger partial charge in [0.05, 0.1) is 42.6 Å². The van der Waals surface area contributed by atoms with Gasteiger partial charge in [0.15, 0.2) is 10.1 Å². The molecule has 1 amide bonds. The smallest absolute Gasteiger partial charge is 0.234 e. The average molecular weight is 637 g/mol. The minimum atomic E-state index is -0.633. The molecular weight excluding hydrogens is 608 g/mol. The largest absolute Gasteiger partial charge is 0.497 e. The molecule has 0 saturated carbocycles. The number of nitrogens with two attached hydrogens (primary N) is 1. The first-order valence-corrected chi connectivity index (χ1v) is 15.4. The van der Waals surface area contributed by atoms with E-state index in [1.807, 2.05) is 38.1 Å². The van der Waals surface area contributed by atoms with E-state index in [4.69, 9.17) is 26.8 Å². The summed E-state index contributed by atoms with van der Waals surface area (Å²) >= 11 is 8.61. The summed E-state index contributed by atoms with van der Waals surface area (Å²) in [5.74, 6) is 0.471. The standard InChI is InChI=1S/C30H29ClN6O4S2/c1-30(2)12-21-26(22(38)13-30)25(16-6-5-7-18(10-16)40-3)19(14-32)27(33)37(21)28-35-36-29(43-28)42-15-24(39)34-17-8-9-23(41-4)20(31)11-17/h5-11,25H,12-13,15,33H2,1-4H3,(H,34,39). The lowest BCUT2D eigenvalue weighted by atomic mass is 9.68. The first kappa shape index (κ1) is 30.4. The number of ketones is 1. The fraction of sp³-hybridized carbons (Fsp3) is 0.300. The maximum atomic E-state index is 13.7. The van der Waals surface area contributed by atoms with Gasteiger partial charge in [-0.2, -0.15) is 5.26 Å². The van der Waals surface area contributed by atoms with Crippen LogP contribution < -0.4 is 25.4 Å². The number of benzene rings is 2. The van der Waals surface area contributed by atoms with Crippen LogP contribution in [0.3, 0.4) is 0 Å². The third kappa shape index (κ3) is 6.20. The summed E-state index contributed by atoms with van der Waals surface area (Å²) in [6, 6.07) is 14.6. The van der Waals surface area contributed by atoms with Crippen LogP contribution in [-0.2, 0) is 9.59 Å². The Morgan fingerprint density at radius 1 is 1.23 bits per heavy atom. The van der Waals surface area contributed by atoms with E-state index in [-0.39, 0.29) is 34.3 Å². The zero-order chi connectivity index (χ0) is 30.9. The minimum absolute atomic E-state index is 0.0428. The predicted octanol–water partition coefficient (Wildman–Crippen LogP) is 5.88. The van der Waals surface area contributed by atoms with Crippen molar-refractivity contribution in [2.45, 2.75) is 36.9 Å². The van der Waals surface area contributed by atoms with Crippen molar-refractivity contribution in [1.82, 2.24) is 10.2 Å². The van der Waals surface area contributed by atoms with E-state index in [9.17, 15) is 14.9 Å². The Hall–Kier alpha value is -4.05. The number of anilines is 2. The number of nitrogens with zero attached hydrogens (tertiary/aromatic N) is 4. The van der Waals surface area contributed by atoms with Gasteiger partial charge in [0.2, 0.25) is 11.0 Å². The molecule has 0 fully saturated rings. The van der Waals surface area contributed by atoms with Crippen LogP contribution in [0.1, 0.15) is 38.2 Å². The number of hydrogen-bond donors (Lipinski definition) is 2. The number of Topliss-reactive ketones (excluding diaryl/α,β-unsaturated/α-hetero) is 1. The van der Waals surface area contributed by atoms with Crippen molar-refractivity contribution in [3.05, 3.63) is 75.7 Å². The Balaban J connectivity index is 1.44. The van der Waals surface area contributed by atoms with Gasteiger partial charge in [-0.05, 0) is 47.7 Å². The molecule has 1 aromatic heterocycles. The quantitative estimate of drug-likeness (QED) is 0.288. The molecule has 1 atom stereocenters. The topological polar surface area (TPSA) is 143 Å². The van der Waals surface area contributed by atoms with E-state index in [0.29, 0.717) is 55.8 Å². The number of carbonyl (C=O) groups is 2. The molecule has 0 saturated heterocycles. The molecule has 1 aliphatic heterocycles. The van der Waals surface area contributed by atoms with Crippen molar-refractivity contribution >= 4 is 57.2 Å². The van der Waals surface area contributed by atoms with Crippen molar-refractivity contribution < 1.29 is 19.1 Å². The third-order valence-electron chi connectivity index (χ3n) is 7.16. The van der Waals surface area contributed by atoms with Gasteiger partial charge in [0.1, 0.15) is 17.3 Å². The first-order chi connectivity index (χ1) is 20.5. The molecule has 13 heteroatoms. The Kier molecular flexibility index (Phi) is 8.69. The summed E-state index contributed by atoms with van der Waals surface area (Å²) in [6.07, 6.45) is 0.882. The monoisotopic (exact) mass is 636 g/mol. The summed E-state index contributed by atoms with van der Waals surface area (Å²) in [5.41, 5.74) is 9.15. The number of amides is 1. The second-order valence-electron chi connectivity index (χ2n) is 10.8. The lowest BCUT2D eigenvalue weighted by Gasteiger charge is -2.42. The Morgan fingerprint density at radius 2 is 2.02 bits per heavy atom. The maximum absolute atomic E-state index is 13.7. The van der Waals surface area contributed by atoms with Crippen molar-refractivity contribution in [2.75, 3.05) is 30.2 Å². The molecule has 10 nitrogen and oxygen atoms in total. The molecule has 0 bridgehead atoms. The molecule has 2 aliphatic rings. The number of halogens is 1. The average Bonchev–Trinajstić information content (AvgIpc) is 3.43. The minimum Gasteiger partial charge on any atom is -0.497 e. The van der Waals surface area contributed by atoms with Crippen molar-refractivity contribution in [1.29, 1.82) is 5.26 Å². The third-order valence-corrected chi connectivity index (χ3v) is 9.49. The number of rotatable bonds is 8. The van der Waals surface area contributed by atoms with E-state index in [2.05, 4.69) is 21.6 Å². The second kappa shape index (κ2) is 12.3. The van der Waals surface area contributed by atoms with Crippen LogP contribution in [0.25, 0.3) is 0 Å². The van der Waals surface area contributed by atoms with Crippen LogP contribution >= 0.6 is 34.7 Å². The fourth-order valence-corrected chi connectivity index (χ4v) is 7.24. The lowest BCUT2D eigenvalue weighted by Crippen LogP contribution is -2.42. The SMILES string of the molecule is COc1cccc(C2C(C#N)=C(N)N(c3nnc(SCC(=O)Nc4ccc(OC)c(Cl)c4)s3)C3=C2C(=O)CC(C)(C)C3)c1. The summed E-state index contributed by atoms with van der Waals surface area (Å²) < 4.78 is 11.1. The number of allylic oxidation sites excluding steroid dienone is 3. The number of thioether (sulfide) groups is 1. The number of methoxy groups -OCH3 is 2. The lowest BCUT2D eigenvalue weighted by molar-refractivity contribution is -0.118. The van der Waals surface area contributed by atoms with Crippen molar-refractivity contribution in [3.63, 3.8) is 0 Å². The van der Waals surface area contributed by atoms with Gasteiger partial charge in [0, 0.05) is 23.4 Å². The van der Waals surface area contributed by atoms with Crippen LogP contribution in [-0.4, -0.2) is 41.9 Å². The van der Waals surface area contributed by atoms with E-state index >= 15 is 0 Å². The van der Waals surface area contributed by atoms with Gasteiger partial charge in [-0.1, -0.05) is 60.7 Å². The van der Waals surface area contributed by atoms with Crippen LogP contribution in [0.15, 0.2) is 69.5 Å². The van der Waals surface area contributed by atoms with Crippen LogP contribution in [0.5, 0.6) is 11.5 Å². The normalized spacial score (nSPS) is 17.8. The Labute approximate surface area is 262 Å². The molecule has 2 heterocycles. The van der Waals surface area contributed by atoms with E-state index in [1.54, 1.807) is 30.2 Å². The molecule has 43 heavy (non-hydrogen) atoms. The molecule has 5 rings (SSSR count). The highest BCUT2D eigenvalue weighted by Gasteiger charge is 2.45. The van der Waals surface area contributed by atoms with Gasteiger partial charge in [0.25, 0.3) is 0 Å². The second-order valence-corrected chi connectivity index (χ2v) is 13.4. The predicted molar refractivity (Wildman–Crippen MR) is 167 cm³/mol. The molecule has 3 aromatic rings. The van der Waals surface area contributed by atoms with Crippen molar-refractivity contribution in [3.8, 4) is 17.6 Å². The van der Waals surface area contributed by atoms with Crippen LogP contribution in [0.4, 0.5) is 10.8 Å². The van der Waals surface area contributed by atoms with Gasteiger partial charge < -0.3 is 20.5 Å². The Bertz CT molecular complexity index is 1710. The van der Waals surface area contributed by atoms with Crippen molar-refractivity contribution in [2.24, 2.45) is 11.1 Å². The maximum Gasteiger partial charge on any atom is 0.234 e. The molecule has 1 unspecified atom stereocenters. The number of hydrogen-bond acceptors (Lipinski definition) is 11. The van der Waals surface area contributed by atoms with Gasteiger partial charge >= 0.3 is 0 Å².